The van der Waals surface area contributed by atoms with Crippen LogP contribution in [0.25, 0.3) is 0 Å². The lowest BCUT2D eigenvalue weighted by atomic mass is 10.1. The molecule has 0 saturated carbocycles. The summed E-state index contributed by atoms with van der Waals surface area (Å²) in [5.74, 6) is -1.29. The summed E-state index contributed by atoms with van der Waals surface area (Å²) in [5.41, 5.74) is 1.50. The van der Waals surface area contributed by atoms with Crippen LogP contribution in [0.2, 0.25) is 5.02 Å². The number of hydrogen-bond donors (Lipinski definition) is 2. The molecule has 0 spiro atoms. The van der Waals surface area contributed by atoms with E-state index in [0.717, 1.165) is 18.7 Å². The molecule has 6 nitrogen and oxygen atoms in total. The predicted octanol–water partition coefficient (Wildman–Crippen LogP) is 1.68. The molecular formula is C16H22ClN3O3. The molecule has 1 aliphatic rings. The molecule has 1 aromatic rings. The number of rotatable bonds is 5. The minimum absolute atomic E-state index is 0.0788. The summed E-state index contributed by atoms with van der Waals surface area (Å²) in [7, 11) is 2.00. The van der Waals surface area contributed by atoms with Gasteiger partial charge in [0.25, 0.3) is 0 Å². The summed E-state index contributed by atoms with van der Waals surface area (Å²) in [5, 5.41) is 12.7. The molecule has 2 rings (SSSR count). The van der Waals surface area contributed by atoms with E-state index in [1.54, 1.807) is 12.1 Å². The number of halogens is 1. The number of benzene rings is 1. The number of anilines is 1. The van der Waals surface area contributed by atoms with Crippen LogP contribution in [0.5, 0.6) is 0 Å². The summed E-state index contributed by atoms with van der Waals surface area (Å²) in [4.78, 5) is 27.7. The molecule has 2 N–H and O–H groups in total. The third-order valence-electron chi connectivity index (χ3n) is 4.10. The predicted molar refractivity (Wildman–Crippen MR) is 89.9 cm³/mol. The molecule has 1 heterocycles. The number of carbonyl (C=O) groups is 2. The quantitative estimate of drug-likeness (QED) is 0.854. The van der Waals surface area contributed by atoms with Gasteiger partial charge in [0.15, 0.2) is 0 Å². The molecule has 0 bridgehead atoms. The Kier molecular flexibility index (Phi) is 5.98. The first-order chi connectivity index (χ1) is 10.9. The first-order valence-electron chi connectivity index (χ1n) is 7.58. The summed E-state index contributed by atoms with van der Waals surface area (Å²) in [6, 6.07) is 4.43. The number of likely N-dealkylation sites (N-methyl/N-ethyl adjacent to an activating group) is 1. The van der Waals surface area contributed by atoms with E-state index in [1.807, 2.05) is 24.9 Å². The van der Waals surface area contributed by atoms with Crippen LogP contribution in [0.15, 0.2) is 18.2 Å². The van der Waals surface area contributed by atoms with Gasteiger partial charge in [-0.3, -0.25) is 14.5 Å². The van der Waals surface area contributed by atoms with Crippen LogP contribution in [0.1, 0.15) is 12.0 Å². The van der Waals surface area contributed by atoms with Gasteiger partial charge in [0, 0.05) is 36.9 Å². The smallest absolute Gasteiger partial charge is 0.321 e. The second kappa shape index (κ2) is 7.77. The summed E-state index contributed by atoms with van der Waals surface area (Å²) >= 11 is 6.03. The SMILES string of the molecule is Cc1ccc(NC(=O)C[C@@H](C(=O)O)N2CCN(C)CC2)cc1Cl. The van der Waals surface area contributed by atoms with Crippen molar-refractivity contribution in [3.8, 4) is 0 Å². The Bertz CT molecular complexity index is 586. The molecule has 1 amide bonds. The van der Waals surface area contributed by atoms with Crippen LogP contribution in [0, 0.1) is 6.92 Å². The maximum absolute atomic E-state index is 12.2. The Morgan fingerprint density at radius 1 is 1.30 bits per heavy atom. The van der Waals surface area contributed by atoms with Crippen LogP contribution in [-0.4, -0.2) is 66.1 Å². The number of hydrogen-bond acceptors (Lipinski definition) is 4. The van der Waals surface area contributed by atoms with Crippen molar-refractivity contribution < 1.29 is 14.7 Å². The van der Waals surface area contributed by atoms with Gasteiger partial charge in [-0.15, -0.1) is 0 Å². The third-order valence-corrected chi connectivity index (χ3v) is 4.51. The number of carbonyl (C=O) groups excluding carboxylic acids is 1. The normalized spacial score (nSPS) is 17.7. The van der Waals surface area contributed by atoms with E-state index in [0.29, 0.717) is 23.8 Å². The molecule has 126 valence electrons. The Morgan fingerprint density at radius 2 is 1.96 bits per heavy atom. The van der Waals surface area contributed by atoms with E-state index < -0.39 is 12.0 Å². The van der Waals surface area contributed by atoms with Gasteiger partial charge >= 0.3 is 5.97 Å². The average Bonchev–Trinajstić information content (AvgIpc) is 2.49. The van der Waals surface area contributed by atoms with Crippen molar-refractivity contribution in [3.05, 3.63) is 28.8 Å². The van der Waals surface area contributed by atoms with Crippen molar-refractivity contribution in [1.82, 2.24) is 9.80 Å². The largest absolute Gasteiger partial charge is 0.480 e. The number of aliphatic carboxylic acids is 1. The van der Waals surface area contributed by atoms with Crippen molar-refractivity contribution >= 4 is 29.2 Å². The summed E-state index contributed by atoms with van der Waals surface area (Å²) < 4.78 is 0. The monoisotopic (exact) mass is 339 g/mol. The van der Waals surface area contributed by atoms with Gasteiger partial charge in [0.1, 0.15) is 6.04 Å². The van der Waals surface area contributed by atoms with Gasteiger partial charge < -0.3 is 15.3 Å². The van der Waals surface area contributed by atoms with Crippen molar-refractivity contribution in [2.24, 2.45) is 0 Å². The van der Waals surface area contributed by atoms with Gasteiger partial charge in [-0.2, -0.15) is 0 Å². The summed E-state index contributed by atoms with van der Waals surface area (Å²) in [6.45, 7) is 4.79. The van der Waals surface area contributed by atoms with E-state index in [-0.39, 0.29) is 12.3 Å². The molecule has 0 aliphatic carbocycles. The zero-order chi connectivity index (χ0) is 17.0. The van der Waals surface area contributed by atoms with E-state index >= 15 is 0 Å². The van der Waals surface area contributed by atoms with E-state index in [4.69, 9.17) is 11.6 Å². The van der Waals surface area contributed by atoms with E-state index in [9.17, 15) is 14.7 Å². The number of nitrogens with one attached hydrogen (secondary N) is 1. The van der Waals surface area contributed by atoms with Crippen LogP contribution in [0.3, 0.4) is 0 Å². The first-order valence-corrected chi connectivity index (χ1v) is 7.96. The van der Waals surface area contributed by atoms with Crippen molar-refractivity contribution in [1.29, 1.82) is 0 Å². The summed E-state index contributed by atoms with van der Waals surface area (Å²) in [6.07, 6.45) is -0.0788. The zero-order valence-corrected chi connectivity index (χ0v) is 14.1. The molecule has 7 heteroatoms. The van der Waals surface area contributed by atoms with Crippen molar-refractivity contribution in [3.63, 3.8) is 0 Å². The Labute approximate surface area is 141 Å². The standard InChI is InChI=1S/C16H22ClN3O3/c1-11-3-4-12(9-13(11)17)18-15(21)10-14(16(22)23)20-7-5-19(2)6-8-20/h3-4,9,14H,5-8,10H2,1-2H3,(H,18,21)(H,22,23)/t14-/m0/s1. The molecule has 0 radical (unpaired) electrons. The highest BCUT2D eigenvalue weighted by Crippen LogP contribution is 2.20. The van der Waals surface area contributed by atoms with Gasteiger partial charge in [0.2, 0.25) is 5.91 Å². The fourth-order valence-corrected chi connectivity index (χ4v) is 2.74. The lowest BCUT2D eigenvalue weighted by Gasteiger charge is -2.35. The van der Waals surface area contributed by atoms with Gasteiger partial charge in [-0.05, 0) is 31.7 Å². The maximum Gasteiger partial charge on any atom is 0.321 e. The lowest BCUT2D eigenvalue weighted by Crippen LogP contribution is -2.52. The number of aryl methyl sites for hydroxylation is 1. The molecule has 23 heavy (non-hydrogen) atoms. The highest BCUT2D eigenvalue weighted by atomic mass is 35.5. The molecule has 0 aromatic heterocycles. The number of amides is 1. The average molecular weight is 340 g/mol. The number of nitrogens with zero attached hydrogens (tertiary/aromatic N) is 2. The molecular weight excluding hydrogens is 318 g/mol. The minimum atomic E-state index is -0.966. The zero-order valence-electron chi connectivity index (χ0n) is 13.4. The van der Waals surface area contributed by atoms with Crippen molar-refractivity contribution in [2.45, 2.75) is 19.4 Å². The fraction of sp³-hybridized carbons (Fsp3) is 0.500. The second-order valence-electron chi connectivity index (χ2n) is 5.91. The van der Waals surface area contributed by atoms with Crippen LogP contribution >= 0.6 is 11.6 Å². The molecule has 1 aliphatic heterocycles. The highest BCUT2D eigenvalue weighted by molar-refractivity contribution is 6.31. The Morgan fingerprint density at radius 3 is 2.52 bits per heavy atom. The number of carboxylic acids is 1. The maximum atomic E-state index is 12.2. The van der Waals surface area contributed by atoms with Gasteiger partial charge in [0.05, 0.1) is 6.42 Å². The number of piperazine rings is 1. The Balaban J connectivity index is 1.97. The van der Waals surface area contributed by atoms with Gasteiger partial charge in [-0.1, -0.05) is 17.7 Å². The lowest BCUT2D eigenvalue weighted by molar-refractivity contribution is -0.145. The van der Waals surface area contributed by atoms with Crippen LogP contribution < -0.4 is 5.32 Å². The fourth-order valence-electron chi connectivity index (χ4n) is 2.56. The van der Waals surface area contributed by atoms with Crippen molar-refractivity contribution in [2.75, 3.05) is 38.5 Å². The van der Waals surface area contributed by atoms with E-state index in [1.165, 1.54) is 0 Å². The Hall–Kier alpha value is -1.63. The second-order valence-corrected chi connectivity index (χ2v) is 6.32. The molecule has 1 fully saturated rings. The van der Waals surface area contributed by atoms with Gasteiger partial charge in [-0.25, -0.2) is 0 Å². The molecule has 1 aromatic carbocycles. The molecule has 1 saturated heterocycles. The minimum Gasteiger partial charge on any atom is -0.480 e. The van der Waals surface area contributed by atoms with Crippen LogP contribution in [-0.2, 0) is 9.59 Å². The number of carboxylic acid groups (broad SMARTS) is 1. The third kappa shape index (κ3) is 4.92. The topological polar surface area (TPSA) is 72.9 Å². The first kappa shape index (κ1) is 17.7. The van der Waals surface area contributed by atoms with E-state index in [2.05, 4.69) is 10.2 Å². The highest BCUT2D eigenvalue weighted by Gasteiger charge is 2.30. The molecule has 0 unspecified atom stereocenters. The molecule has 1 atom stereocenters. The van der Waals surface area contributed by atoms with Crippen LogP contribution in [0.4, 0.5) is 5.69 Å².